The highest BCUT2D eigenvalue weighted by Crippen LogP contribution is 2.11. The van der Waals surface area contributed by atoms with E-state index in [-0.39, 0.29) is 11.4 Å². The van der Waals surface area contributed by atoms with Gasteiger partial charge in [0.1, 0.15) is 5.75 Å². The summed E-state index contributed by atoms with van der Waals surface area (Å²) in [7, 11) is -0.707. The first-order chi connectivity index (χ1) is 6.63. The monoisotopic (exact) mass is 197 g/mol. The molecule has 2 N–H and O–H groups in total. The largest absolute Gasteiger partial charge is 0.707 e. The predicted molar refractivity (Wildman–Crippen MR) is 46.4 cm³/mol. The molecule has 0 amide bonds. The maximum Gasteiger partial charge on any atom is 0.707 e. The van der Waals surface area contributed by atoms with Crippen molar-refractivity contribution >= 4 is 13.3 Å². The third-order valence-corrected chi connectivity index (χ3v) is 1.37. The first-order valence-corrected chi connectivity index (χ1v) is 3.70. The fourth-order valence-electron chi connectivity index (χ4n) is 0.822. The number of nitrogens with zero attached hydrogens (tertiary/aromatic N) is 1. The minimum atomic E-state index is -1.93. The number of aromatic nitrogens is 1. The van der Waals surface area contributed by atoms with Crippen LogP contribution in [0.4, 0.5) is 0 Å². The van der Waals surface area contributed by atoms with Crippen molar-refractivity contribution in [1.29, 1.82) is 0 Å². The zero-order chi connectivity index (χ0) is 10.6. The predicted octanol–water partition coefficient (Wildman–Crippen LogP) is -0.784. The molecule has 0 radical (unpaired) electrons. The lowest BCUT2D eigenvalue weighted by molar-refractivity contribution is 0.0593. The minimum absolute atomic E-state index is 0.0330. The summed E-state index contributed by atoms with van der Waals surface area (Å²) in [5.41, 5.74) is 0.0330. The van der Waals surface area contributed by atoms with Gasteiger partial charge in [0.25, 0.3) is 0 Å². The molecule has 0 fully saturated rings. The molecular formula is C7H8BNO5. The zero-order valence-corrected chi connectivity index (χ0v) is 7.38. The van der Waals surface area contributed by atoms with Gasteiger partial charge in [-0.3, -0.25) is 0 Å². The second-order valence-corrected chi connectivity index (χ2v) is 2.31. The lowest BCUT2D eigenvalue weighted by Crippen LogP contribution is -2.20. The van der Waals surface area contributed by atoms with Gasteiger partial charge in [-0.2, -0.15) is 0 Å². The summed E-state index contributed by atoms with van der Waals surface area (Å²) in [5, 5.41) is 17.0. The van der Waals surface area contributed by atoms with E-state index in [2.05, 4.69) is 14.4 Å². The van der Waals surface area contributed by atoms with Gasteiger partial charge < -0.3 is 19.4 Å². The molecule has 0 aromatic carbocycles. The van der Waals surface area contributed by atoms with E-state index in [0.717, 1.165) is 0 Å². The molecule has 1 aromatic rings. The normalized spacial score (nSPS) is 9.36. The number of hydrogen-bond donors (Lipinski definition) is 2. The van der Waals surface area contributed by atoms with Crippen molar-refractivity contribution in [3.8, 4) is 5.75 Å². The second kappa shape index (κ2) is 4.59. The lowest BCUT2D eigenvalue weighted by Gasteiger charge is -2.04. The van der Waals surface area contributed by atoms with Crippen LogP contribution < -0.4 is 4.65 Å². The highest BCUT2D eigenvalue weighted by Gasteiger charge is 2.13. The van der Waals surface area contributed by atoms with Crippen molar-refractivity contribution in [3.05, 3.63) is 24.0 Å². The average molecular weight is 197 g/mol. The number of rotatable bonds is 3. The number of carbonyl (C=O) groups excluding carboxylic acids is 1. The Labute approximate surface area is 80.3 Å². The Balaban J connectivity index is 2.84. The molecule has 0 bridgehead atoms. The first kappa shape index (κ1) is 10.5. The Bertz CT molecular complexity index is 330. The Hall–Kier alpha value is -1.60. The molecule has 0 aliphatic heterocycles. The SMILES string of the molecule is COC(=O)c1cc(OB(O)O)ccn1. The highest BCUT2D eigenvalue weighted by molar-refractivity contribution is 6.33. The summed E-state index contributed by atoms with van der Waals surface area (Å²) in [6.07, 6.45) is 1.30. The van der Waals surface area contributed by atoms with E-state index in [1.54, 1.807) is 0 Å². The molecule has 1 aromatic heterocycles. The molecule has 74 valence electrons. The van der Waals surface area contributed by atoms with Gasteiger partial charge in [0.2, 0.25) is 0 Å². The number of methoxy groups -OCH3 is 1. The molecule has 1 heterocycles. The van der Waals surface area contributed by atoms with Crippen molar-refractivity contribution in [2.45, 2.75) is 0 Å². The number of hydrogen-bond acceptors (Lipinski definition) is 6. The average Bonchev–Trinajstić information content (AvgIpc) is 2.16. The van der Waals surface area contributed by atoms with Crippen LogP contribution >= 0.6 is 0 Å². The van der Waals surface area contributed by atoms with Gasteiger partial charge in [-0.05, 0) is 6.07 Å². The fraction of sp³-hybridized carbons (Fsp3) is 0.143. The van der Waals surface area contributed by atoms with Crippen LogP contribution in [0.1, 0.15) is 10.5 Å². The molecule has 0 saturated heterocycles. The lowest BCUT2D eigenvalue weighted by atomic mass is 10.2. The van der Waals surface area contributed by atoms with Crippen LogP contribution in [0.25, 0.3) is 0 Å². The highest BCUT2D eigenvalue weighted by atomic mass is 16.6. The Morgan fingerprint density at radius 3 is 2.86 bits per heavy atom. The molecule has 0 saturated carbocycles. The van der Waals surface area contributed by atoms with E-state index in [9.17, 15) is 4.79 Å². The van der Waals surface area contributed by atoms with Crippen molar-refractivity contribution < 1.29 is 24.2 Å². The van der Waals surface area contributed by atoms with Crippen LogP contribution in [-0.4, -0.2) is 35.4 Å². The number of carbonyl (C=O) groups is 1. The van der Waals surface area contributed by atoms with Gasteiger partial charge in [-0.1, -0.05) is 0 Å². The van der Waals surface area contributed by atoms with Gasteiger partial charge in [0.15, 0.2) is 5.69 Å². The van der Waals surface area contributed by atoms with E-state index in [1.165, 1.54) is 25.4 Å². The number of ether oxygens (including phenoxy) is 1. The second-order valence-electron chi connectivity index (χ2n) is 2.31. The van der Waals surface area contributed by atoms with E-state index in [1.807, 2.05) is 0 Å². The van der Waals surface area contributed by atoms with Crippen LogP contribution in [0, 0.1) is 0 Å². The number of esters is 1. The quantitative estimate of drug-likeness (QED) is 0.487. The molecule has 0 spiro atoms. The summed E-state index contributed by atoms with van der Waals surface area (Å²) in [5.74, 6) is -0.502. The molecule has 0 aliphatic rings. The molecule has 6 nitrogen and oxygen atoms in total. The molecule has 7 heteroatoms. The number of pyridine rings is 1. The maximum atomic E-state index is 11.0. The maximum absolute atomic E-state index is 11.0. The minimum Gasteiger partial charge on any atom is -0.512 e. The van der Waals surface area contributed by atoms with Crippen LogP contribution in [0.3, 0.4) is 0 Å². The molecule has 0 unspecified atom stereocenters. The van der Waals surface area contributed by atoms with Crippen molar-refractivity contribution in [2.75, 3.05) is 7.11 Å². The summed E-state index contributed by atoms with van der Waals surface area (Å²) in [6.45, 7) is 0. The van der Waals surface area contributed by atoms with E-state index >= 15 is 0 Å². The fourth-order valence-corrected chi connectivity index (χ4v) is 0.822. The molecule has 0 aliphatic carbocycles. The molecule has 1 rings (SSSR count). The van der Waals surface area contributed by atoms with Gasteiger partial charge in [-0.15, -0.1) is 0 Å². The third-order valence-electron chi connectivity index (χ3n) is 1.37. The molecule has 0 atom stereocenters. The van der Waals surface area contributed by atoms with Crippen LogP contribution in [0.5, 0.6) is 5.75 Å². The Morgan fingerprint density at radius 1 is 1.57 bits per heavy atom. The van der Waals surface area contributed by atoms with Gasteiger partial charge in [0.05, 0.1) is 7.11 Å². The van der Waals surface area contributed by atoms with Crippen LogP contribution in [0.15, 0.2) is 18.3 Å². The van der Waals surface area contributed by atoms with Crippen molar-refractivity contribution in [3.63, 3.8) is 0 Å². The van der Waals surface area contributed by atoms with Crippen LogP contribution in [0.2, 0.25) is 0 Å². The topological polar surface area (TPSA) is 88.9 Å². The molecular weight excluding hydrogens is 189 g/mol. The Kier molecular flexibility index (Phi) is 3.44. The van der Waals surface area contributed by atoms with E-state index < -0.39 is 13.3 Å². The van der Waals surface area contributed by atoms with Crippen molar-refractivity contribution in [1.82, 2.24) is 4.98 Å². The smallest absolute Gasteiger partial charge is 0.512 e. The Morgan fingerprint density at radius 2 is 2.29 bits per heavy atom. The summed E-state index contributed by atoms with van der Waals surface area (Å²) >= 11 is 0. The van der Waals surface area contributed by atoms with E-state index in [0.29, 0.717) is 0 Å². The van der Waals surface area contributed by atoms with Gasteiger partial charge in [-0.25, -0.2) is 9.78 Å². The third kappa shape index (κ3) is 2.72. The van der Waals surface area contributed by atoms with Crippen LogP contribution in [-0.2, 0) is 4.74 Å². The summed E-state index contributed by atoms with van der Waals surface area (Å²) < 4.78 is 8.93. The summed E-state index contributed by atoms with van der Waals surface area (Å²) in [4.78, 5) is 14.7. The first-order valence-electron chi connectivity index (χ1n) is 3.70. The zero-order valence-electron chi connectivity index (χ0n) is 7.38. The van der Waals surface area contributed by atoms with Crippen molar-refractivity contribution in [2.24, 2.45) is 0 Å². The van der Waals surface area contributed by atoms with E-state index in [4.69, 9.17) is 10.0 Å². The standard InChI is InChI=1S/C7H8BNO5/c1-13-7(10)6-4-5(2-3-9-6)14-8(11)12/h2-4,11-12H,1H3. The molecule has 14 heavy (non-hydrogen) atoms. The summed E-state index contributed by atoms with van der Waals surface area (Å²) in [6, 6.07) is 2.62. The van der Waals surface area contributed by atoms with Gasteiger partial charge >= 0.3 is 13.3 Å². The van der Waals surface area contributed by atoms with Gasteiger partial charge in [0, 0.05) is 12.3 Å².